The average molecular weight is 313 g/mol. The number of aromatic nitrogens is 1. The number of nitrogens with zero attached hydrogens (tertiary/aromatic N) is 1. The van der Waals surface area contributed by atoms with Crippen molar-refractivity contribution in [3.8, 4) is 0 Å². The van der Waals surface area contributed by atoms with Gasteiger partial charge in [0.15, 0.2) is 0 Å². The van der Waals surface area contributed by atoms with Crippen molar-refractivity contribution < 1.29 is 0 Å². The second-order valence-electron chi connectivity index (χ2n) is 4.33. The number of benzene rings is 2. The molecule has 0 aliphatic carbocycles. The highest BCUT2D eigenvalue weighted by Gasteiger charge is 2.04. The molecule has 1 heterocycles. The molecule has 19 heavy (non-hydrogen) atoms. The number of pyridine rings is 1. The standard InChI is InChI=1S/C16H13BrN2/c17-15-9-8-12(16-14(15)7-4-10-18-16)11-19-13-5-2-1-3-6-13/h1-10,19H,11H2. The summed E-state index contributed by atoms with van der Waals surface area (Å²) in [6, 6.07) is 18.4. The van der Waals surface area contributed by atoms with Crippen LogP contribution in [0.15, 0.2) is 65.3 Å². The van der Waals surface area contributed by atoms with Gasteiger partial charge in [0.05, 0.1) is 5.52 Å². The van der Waals surface area contributed by atoms with Gasteiger partial charge in [-0.3, -0.25) is 4.98 Å². The Bertz CT molecular complexity index is 695. The molecule has 0 unspecified atom stereocenters. The molecule has 1 aromatic heterocycles. The smallest absolute Gasteiger partial charge is 0.0763 e. The number of hydrogen-bond donors (Lipinski definition) is 1. The van der Waals surface area contributed by atoms with Gasteiger partial charge in [-0.2, -0.15) is 0 Å². The normalized spacial score (nSPS) is 10.6. The van der Waals surface area contributed by atoms with Crippen molar-refractivity contribution in [3.63, 3.8) is 0 Å². The van der Waals surface area contributed by atoms with Crippen LogP contribution in [0.3, 0.4) is 0 Å². The molecule has 3 aromatic rings. The SMILES string of the molecule is Brc1ccc(CNc2ccccc2)c2ncccc12. The Hall–Kier alpha value is -1.87. The third-order valence-corrected chi connectivity index (χ3v) is 3.75. The van der Waals surface area contributed by atoms with Gasteiger partial charge < -0.3 is 5.32 Å². The molecule has 1 N–H and O–H groups in total. The van der Waals surface area contributed by atoms with Gasteiger partial charge in [0.1, 0.15) is 0 Å². The molecule has 0 saturated heterocycles. The van der Waals surface area contributed by atoms with E-state index in [1.54, 1.807) is 0 Å². The zero-order chi connectivity index (χ0) is 13.1. The molecule has 3 rings (SSSR count). The second kappa shape index (κ2) is 5.41. The van der Waals surface area contributed by atoms with Crippen molar-refractivity contribution in [2.24, 2.45) is 0 Å². The molecule has 2 nitrogen and oxygen atoms in total. The third kappa shape index (κ3) is 2.61. The summed E-state index contributed by atoms with van der Waals surface area (Å²) >= 11 is 3.57. The monoisotopic (exact) mass is 312 g/mol. The minimum Gasteiger partial charge on any atom is -0.381 e. The fourth-order valence-electron chi connectivity index (χ4n) is 2.09. The average Bonchev–Trinajstić information content (AvgIpc) is 2.48. The number of anilines is 1. The summed E-state index contributed by atoms with van der Waals surface area (Å²) in [7, 11) is 0. The zero-order valence-corrected chi connectivity index (χ0v) is 11.9. The molecular weight excluding hydrogens is 300 g/mol. The summed E-state index contributed by atoms with van der Waals surface area (Å²) in [4.78, 5) is 4.48. The molecule has 94 valence electrons. The van der Waals surface area contributed by atoms with Gasteiger partial charge in [0.25, 0.3) is 0 Å². The van der Waals surface area contributed by atoms with Crippen molar-refractivity contribution in [1.82, 2.24) is 4.98 Å². The van der Waals surface area contributed by atoms with Crippen LogP contribution in [0.2, 0.25) is 0 Å². The van der Waals surface area contributed by atoms with Crippen molar-refractivity contribution in [3.05, 3.63) is 70.8 Å². The van der Waals surface area contributed by atoms with Gasteiger partial charge in [-0.05, 0) is 29.8 Å². The minimum absolute atomic E-state index is 0.769. The Balaban J connectivity index is 1.91. The van der Waals surface area contributed by atoms with E-state index in [0.29, 0.717) is 0 Å². The quantitative estimate of drug-likeness (QED) is 0.764. The van der Waals surface area contributed by atoms with E-state index >= 15 is 0 Å². The van der Waals surface area contributed by atoms with Crippen LogP contribution in [0.4, 0.5) is 5.69 Å². The Kier molecular flexibility index (Phi) is 3.47. The highest BCUT2D eigenvalue weighted by molar-refractivity contribution is 9.10. The number of rotatable bonds is 3. The van der Waals surface area contributed by atoms with Crippen LogP contribution in [0, 0.1) is 0 Å². The van der Waals surface area contributed by atoms with Crippen LogP contribution in [0.25, 0.3) is 10.9 Å². The maximum Gasteiger partial charge on any atom is 0.0763 e. The first-order valence-electron chi connectivity index (χ1n) is 6.15. The first kappa shape index (κ1) is 12.2. The lowest BCUT2D eigenvalue weighted by Gasteiger charge is -2.09. The molecule has 0 spiro atoms. The predicted molar refractivity (Wildman–Crippen MR) is 83.2 cm³/mol. The predicted octanol–water partition coefficient (Wildman–Crippen LogP) is 4.61. The van der Waals surface area contributed by atoms with E-state index in [9.17, 15) is 0 Å². The van der Waals surface area contributed by atoms with Gasteiger partial charge in [0, 0.05) is 28.3 Å². The van der Waals surface area contributed by atoms with Crippen molar-refractivity contribution in [2.45, 2.75) is 6.54 Å². The fraction of sp³-hybridized carbons (Fsp3) is 0.0625. The van der Waals surface area contributed by atoms with Crippen molar-refractivity contribution in [2.75, 3.05) is 5.32 Å². The molecule has 0 radical (unpaired) electrons. The molecular formula is C16H13BrN2. The van der Waals surface area contributed by atoms with E-state index in [4.69, 9.17) is 0 Å². The lowest BCUT2D eigenvalue weighted by Crippen LogP contribution is -2.00. The largest absolute Gasteiger partial charge is 0.381 e. The van der Waals surface area contributed by atoms with Gasteiger partial charge in [-0.1, -0.05) is 46.3 Å². The maximum absolute atomic E-state index is 4.48. The van der Waals surface area contributed by atoms with E-state index < -0.39 is 0 Å². The van der Waals surface area contributed by atoms with Crippen LogP contribution in [-0.4, -0.2) is 4.98 Å². The number of fused-ring (bicyclic) bond motifs is 1. The highest BCUT2D eigenvalue weighted by atomic mass is 79.9. The minimum atomic E-state index is 0.769. The molecule has 2 aromatic carbocycles. The molecule has 0 saturated carbocycles. The summed E-state index contributed by atoms with van der Waals surface area (Å²) in [5.41, 5.74) is 3.36. The number of nitrogens with one attached hydrogen (secondary N) is 1. The molecule has 0 aliphatic rings. The lowest BCUT2D eigenvalue weighted by molar-refractivity contribution is 1.15. The Morgan fingerprint density at radius 1 is 0.947 bits per heavy atom. The number of para-hydroxylation sites is 1. The van der Waals surface area contributed by atoms with Gasteiger partial charge in [-0.25, -0.2) is 0 Å². The first-order chi connectivity index (χ1) is 9.34. The molecule has 0 aliphatic heterocycles. The first-order valence-corrected chi connectivity index (χ1v) is 6.95. The van der Waals surface area contributed by atoms with Gasteiger partial charge in [0.2, 0.25) is 0 Å². The van der Waals surface area contributed by atoms with Crippen LogP contribution in [0.1, 0.15) is 5.56 Å². The fourth-order valence-corrected chi connectivity index (χ4v) is 2.54. The van der Waals surface area contributed by atoms with Gasteiger partial charge >= 0.3 is 0 Å². The topological polar surface area (TPSA) is 24.9 Å². The van der Waals surface area contributed by atoms with Crippen molar-refractivity contribution in [1.29, 1.82) is 0 Å². The summed E-state index contributed by atoms with van der Waals surface area (Å²) in [6.45, 7) is 0.769. The van der Waals surface area contributed by atoms with Crippen LogP contribution >= 0.6 is 15.9 Å². The zero-order valence-electron chi connectivity index (χ0n) is 10.3. The number of hydrogen-bond acceptors (Lipinski definition) is 2. The summed E-state index contributed by atoms with van der Waals surface area (Å²) in [5.74, 6) is 0. The van der Waals surface area contributed by atoms with E-state index in [1.807, 2.05) is 30.5 Å². The summed E-state index contributed by atoms with van der Waals surface area (Å²) in [6.07, 6.45) is 1.83. The molecule has 0 atom stereocenters. The molecule has 0 bridgehead atoms. The Labute approximate surface area is 120 Å². The van der Waals surface area contributed by atoms with Crippen LogP contribution in [-0.2, 0) is 6.54 Å². The Morgan fingerprint density at radius 3 is 2.63 bits per heavy atom. The summed E-state index contributed by atoms with van der Waals surface area (Å²) in [5, 5.41) is 4.57. The Morgan fingerprint density at radius 2 is 1.79 bits per heavy atom. The third-order valence-electron chi connectivity index (χ3n) is 3.06. The van der Waals surface area contributed by atoms with E-state index in [0.717, 1.165) is 27.6 Å². The van der Waals surface area contributed by atoms with E-state index in [1.165, 1.54) is 5.56 Å². The number of halogens is 1. The highest BCUT2D eigenvalue weighted by Crippen LogP contribution is 2.25. The second-order valence-corrected chi connectivity index (χ2v) is 5.18. The summed E-state index contributed by atoms with van der Waals surface area (Å²) < 4.78 is 1.08. The molecule has 3 heteroatoms. The van der Waals surface area contributed by atoms with E-state index in [2.05, 4.69) is 56.6 Å². The van der Waals surface area contributed by atoms with Crippen LogP contribution in [0.5, 0.6) is 0 Å². The maximum atomic E-state index is 4.48. The van der Waals surface area contributed by atoms with Crippen molar-refractivity contribution >= 4 is 32.5 Å². The molecule has 0 fully saturated rings. The van der Waals surface area contributed by atoms with E-state index in [-0.39, 0.29) is 0 Å². The van der Waals surface area contributed by atoms with Crippen LogP contribution < -0.4 is 5.32 Å². The molecule has 0 amide bonds. The van der Waals surface area contributed by atoms with Gasteiger partial charge in [-0.15, -0.1) is 0 Å². The lowest BCUT2D eigenvalue weighted by atomic mass is 10.1.